The fraction of sp³-hybridized carbons (Fsp3) is 0. The average molecular weight is 668 g/mol. The molecule has 0 atom stereocenters. The normalized spacial score (nSPS) is 11.3. The van der Waals surface area contributed by atoms with Crippen LogP contribution in [0.4, 0.5) is 56.1 Å². The Morgan fingerprint density at radius 3 is 1.12 bits per heavy atom. The summed E-state index contributed by atoms with van der Waals surface area (Å²) in [5.74, 6) is -10.1. The molecule has 0 bridgehead atoms. The average Bonchev–Trinajstić information content (AvgIpc) is 3.51. The fourth-order valence-electron chi connectivity index (χ4n) is 6.50. The van der Waals surface area contributed by atoms with E-state index in [0.29, 0.717) is 5.69 Å². The van der Waals surface area contributed by atoms with Crippen LogP contribution in [-0.4, -0.2) is 4.57 Å². The molecule has 0 spiro atoms. The predicted molar refractivity (Wildman–Crippen MR) is 190 cm³/mol. The topological polar surface area (TPSA) is 11.4 Å². The Balaban J connectivity index is 1.27. The third-order valence-corrected chi connectivity index (χ3v) is 8.75. The lowest BCUT2D eigenvalue weighted by Crippen LogP contribution is -2.17. The van der Waals surface area contributed by atoms with Gasteiger partial charge in [0.05, 0.1) is 11.0 Å². The highest BCUT2D eigenvalue weighted by Crippen LogP contribution is 2.43. The second-order valence-corrected chi connectivity index (χ2v) is 11.7. The zero-order valence-corrected chi connectivity index (χ0v) is 26.2. The van der Waals surface area contributed by atoms with Crippen molar-refractivity contribution in [1.82, 2.24) is 4.57 Å². The summed E-state index contributed by atoms with van der Waals surface area (Å²) in [5, 5.41) is 2.10. The molecule has 1 heterocycles. The summed E-state index contributed by atoms with van der Waals surface area (Å²) in [5.41, 5.74) is 4.39. The minimum Gasteiger partial charge on any atom is -0.311 e. The van der Waals surface area contributed by atoms with Crippen molar-refractivity contribution in [2.24, 2.45) is 0 Å². The van der Waals surface area contributed by atoms with E-state index in [-0.39, 0.29) is 11.4 Å². The molecule has 0 unspecified atom stereocenters. The lowest BCUT2D eigenvalue weighted by molar-refractivity contribution is 0.380. The molecule has 8 rings (SSSR count). The minimum absolute atomic E-state index is 0.183. The van der Waals surface area contributed by atoms with E-state index in [1.54, 1.807) is 48.5 Å². The van der Waals surface area contributed by atoms with E-state index in [1.165, 1.54) is 0 Å². The summed E-state index contributed by atoms with van der Waals surface area (Å²) in [7, 11) is 0. The molecule has 0 saturated heterocycles. The Labute approximate surface area is 284 Å². The number of nitrogens with zero attached hydrogens (tertiary/aromatic N) is 3. The molecule has 0 saturated carbocycles. The maximum atomic E-state index is 15.6. The van der Waals surface area contributed by atoms with E-state index >= 15 is 8.78 Å². The number of hydrogen-bond acceptors (Lipinski definition) is 2. The number of fused-ring (bicyclic) bond motifs is 3. The molecule has 8 heteroatoms. The molecule has 0 aliphatic rings. The standard InChI is InChI=1S/C42H26F5N3/c43-37-38(44)40(46)42(41(47)39(37)45)49(30-21-19-29(20-22-30)48(27-11-3-1-4-12-27)28-13-5-2-6-14-28)31-23-25-32(26-24-31)50-35-17-9-7-15-33(35)34-16-8-10-18-36(34)50/h1-26H. The van der Waals surface area contributed by atoms with E-state index in [9.17, 15) is 13.2 Å². The number of rotatable bonds is 7. The van der Waals surface area contributed by atoms with Gasteiger partial charge in [-0.05, 0) is 84.9 Å². The van der Waals surface area contributed by atoms with E-state index in [1.807, 2.05) is 114 Å². The first-order valence-corrected chi connectivity index (χ1v) is 15.8. The smallest absolute Gasteiger partial charge is 0.200 e. The zero-order valence-electron chi connectivity index (χ0n) is 26.2. The van der Waals surface area contributed by atoms with E-state index in [4.69, 9.17) is 0 Å². The highest BCUT2D eigenvalue weighted by Gasteiger charge is 2.31. The van der Waals surface area contributed by atoms with Gasteiger partial charge in [0.2, 0.25) is 5.82 Å². The van der Waals surface area contributed by atoms with E-state index < -0.39 is 34.8 Å². The molecule has 0 fully saturated rings. The molecule has 3 nitrogen and oxygen atoms in total. The van der Waals surface area contributed by atoms with Crippen LogP contribution in [0.3, 0.4) is 0 Å². The molecule has 7 aromatic carbocycles. The van der Waals surface area contributed by atoms with Gasteiger partial charge >= 0.3 is 0 Å². The number of anilines is 6. The van der Waals surface area contributed by atoms with E-state index in [0.717, 1.165) is 43.8 Å². The number of para-hydroxylation sites is 4. The SMILES string of the molecule is Fc1c(F)c(F)c(N(c2ccc(N(c3ccccc3)c3ccccc3)cc2)c2ccc(-n3c4ccccc4c4ccccc43)cc2)c(F)c1F. The maximum absolute atomic E-state index is 15.6. The van der Waals surface area contributed by atoms with Crippen molar-refractivity contribution in [3.8, 4) is 5.69 Å². The molecule has 0 N–H and O–H groups in total. The molecule has 0 radical (unpaired) electrons. The largest absolute Gasteiger partial charge is 0.311 e. The van der Waals surface area contributed by atoms with Crippen molar-refractivity contribution in [2.75, 3.05) is 9.80 Å². The van der Waals surface area contributed by atoms with Gasteiger partial charge in [-0.25, -0.2) is 22.0 Å². The fourth-order valence-corrected chi connectivity index (χ4v) is 6.50. The van der Waals surface area contributed by atoms with Crippen LogP contribution in [0, 0.1) is 29.1 Å². The van der Waals surface area contributed by atoms with Crippen molar-refractivity contribution in [2.45, 2.75) is 0 Å². The number of benzene rings is 7. The third kappa shape index (κ3) is 5.13. The van der Waals surface area contributed by atoms with Crippen LogP contribution < -0.4 is 9.80 Å². The molecular formula is C42H26F5N3. The Morgan fingerprint density at radius 2 is 0.660 bits per heavy atom. The summed E-state index contributed by atoms with van der Waals surface area (Å²) in [6.45, 7) is 0. The lowest BCUT2D eigenvalue weighted by atomic mass is 10.1. The van der Waals surface area contributed by atoms with Crippen molar-refractivity contribution in [3.05, 3.63) is 187 Å². The summed E-state index contributed by atoms with van der Waals surface area (Å²) in [4.78, 5) is 3.04. The zero-order chi connectivity index (χ0) is 34.4. The summed E-state index contributed by atoms with van der Waals surface area (Å²) < 4.78 is 76.8. The van der Waals surface area contributed by atoms with Crippen molar-refractivity contribution in [1.29, 1.82) is 0 Å². The quantitative estimate of drug-likeness (QED) is 0.0952. The van der Waals surface area contributed by atoms with Crippen LogP contribution in [0.5, 0.6) is 0 Å². The van der Waals surface area contributed by atoms with Crippen molar-refractivity contribution >= 4 is 55.9 Å². The molecule has 244 valence electrons. The molecule has 50 heavy (non-hydrogen) atoms. The third-order valence-electron chi connectivity index (χ3n) is 8.75. The number of halogens is 5. The highest BCUT2D eigenvalue weighted by atomic mass is 19.2. The Bertz CT molecular complexity index is 2360. The van der Waals surface area contributed by atoms with Gasteiger partial charge in [-0.3, -0.25) is 0 Å². The first-order valence-electron chi connectivity index (χ1n) is 15.8. The van der Waals surface area contributed by atoms with Gasteiger partial charge in [0.15, 0.2) is 23.3 Å². The number of aromatic nitrogens is 1. The minimum atomic E-state index is -2.22. The Kier molecular flexibility index (Phi) is 7.76. The molecule has 0 aliphatic carbocycles. The molecule has 0 aliphatic heterocycles. The maximum Gasteiger partial charge on any atom is 0.200 e. The first-order chi connectivity index (χ1) is 24.4. The second kappa shape index (κ2) is 12.6. The van der Waals surface area contributed by atoms with Crippen LogP contribution in [0.1, 0.15) is 0 Å². The number of hydrogen-bond donors (Lipinski definition) is 0. The highest BCUT2D eigenvalue weighted by molar-refractivity contribution is 6.09. The van der Waals surface area contributed by atoms with Crippen LogP contribution >= 0.6 is 0 Å². The van der Waals surface area contributed by atoms with Crippen molar-refractivity contribution in [3.63, 3.8) is 0 Å². The van der Waals surface area contributed by atoms with Gasteiger partial charge in [0.1, 0.15) is 5.69 Å². The van der Waals surface area contributed by atoms with Gasteiger partial charge in [-0.2, -0.15) is 0 Å². The molecule has 1 aromatic heterocycles. The Hall–Kier alpha value is -6.41. The van der Waals surface area contributed by atoms with Crippen LogP contribution in [0.15, 0.2) is 158 Å². The molecule has 0 amide bonds. The Morgan fingerprint density at radius 1 is 0.320 bits per heavy atom. The van der Waals surface area contributed by atoms with Crippen molar-refractivity contribution < 1.29 is 22.0 Å². The van der Waals surface area contributed by atoms with Gasteiger partial charge in [0.25, 0.3) is 0 Å². The monoisotopic (exact) mass is 667 g/mol. The molecular weight excluding hydrogens is 641 g/mol. The summed E-state index contributed by atoms with van der Waals surface area (Å²) in [6.07, 6.45) is 0. The van der Waals surface area contributed by atoms with Crippen LogP contribution in [-0.2, 0) is 0 Å². The second-order valence-electron chi connectivity index (χ2n) is 11.7. The molecule has 8 aromatic rings. The van der Waals surface area contributed by atoms with Crippen LogP contribution in [0.2, 0.25) is 0 Å². The van der Waals surface area contributed by atoms with Gasteiger partial charge in [0, 0.05) is 44.9 Å². The van der Waals surface area contributed by atoms with E-state index in [2.05, 4.69) is 4.57 Å². The lowest BCUT2D eigenvalue weighted by Gasteiger charge is -2.29. The summed E-state index contributed by atoms with van der Waals surface area (Å²) >= 11 is 0. The first kappa shape index (κ1) is 30.9. The van der Waals surface area contributed by atoms with Gasteiger partial charge < -0.3 is 14.4 Å². The van der Waals surface area contributed by atoms with Gasteiger partial charge in [-0.1, -0.05) is 72.8 Å². The summed E-state index contributed by atoms with van der Waals surface area (Å²) in [6, 6.07) is 48.5. The van der Waals surface area contributed by atoms with Crippen LogP contribution in [0.25, 0.3) is 27.5 Å². The van der Waals surface area contributed by atoms with Gasteiger partial charge in [-0.15, -0.1) is 0 Å². The predicted octanol–water partition coefficient (Wildman–Crippen LogP) is 12.4.